The molecule has 0 radical (unpaired) electrons. The molecule has 0 bridgehead atoms. The molecule has 1 aromatic carbocycles. The highest BCUT2D eigenvalue weighted by atomic mass is 32.1. The second-order valence-corrected chi connectivity index (χ2v) is 8.27. The van der Waals surface area contributed by atoms with Crippen molar-refractivity contribution in [2.45, 2.75) is 33.2 Å². The highest BCUT2D eigenvalue weighted by molar-refractivity contribution is 7.71. The van der Waals surface area contributed by atoms with E-state index in [1.54, 1.807) is 7.11 Å². The summed E-state index contributed by atoms with van der Waals surface area (Å²) in [6.45, 7) is 9.67. The lowest BCUT2D eigenvalue weighted by Gasteiger charge is -2.35. The lowest BCUT2D eigenvalue weighted by molar-refractivity contribution is -0.133. The van der Waals surface area contributed by atoms with Crippen LogP contribution in [0.3, 0.4) is 0 Å². The topological polar surface area (TPSA) is 66.4 Å². The van der Waals surface area contributed by atoms with Gasteiger partial charge in [0.15, 0.2) is 10.6 Å². The summed E-state index contributed by atoms with van der Waals surface area (Å²) in [4.78, 5) is 17.2. The van der Waals surface area contributed by atoms with Crippen LogP contribution < -0.4 is 4.74 Å². The van der Waals surface area contributed by atoms with Gasteiger partial charge in [0.05, 0.1) is 7.11 Å². The minimum atomic E-state index is 0.178. The van der Waals surface area contributed by atoms with E-state index in [2.05, 4.69) is 28.9 Å². The molecule has 7 nitrogen and oxygen atoms in total. The third-order valence-corrected chi connectivity index (χ3v) is 5.72. The van der Waals surface area contributed by atoms with Gasteiger partial charge < -0.3 is 9.64 Å². The van der Waals surface area contributed by atoms with Crippen LogP contribution in [0.4, 0.5) is 0 Å². The number of H-pyrrole nitrogens is 1. The van der Waals surface area contributed by atoms with Crippen LogP contribution in [0, 0.1) is 10.7 Å². The van der Waals surface area contributed by atoms with Crippen LogP contribution in [-0.2, 0) is 11.3 Å². The number of nitrogens with zero attached hydrogens (tertiary/aromatic N) is 4. The number of aromatic nitrogens is 3. The zero-order chi connectivity index (χ0) is 20.8. The van der Waals surface area contributed by atoms with Crippen molar-refractivity contribution < 1.29 is 9.53 Å². The first-order chi connectivity index (χ1) is 14.0. The van der Waals surface area contributed by atoms with E-state index in [0.717, 1.165) is 49.9 Å². The molecule has 1 N–H and O–H groups in total. The Kier molecular flexibility index (Phi) is 7.44. The second-order valence-electron chi connectivity index (χ2n) is 7.89. The predicted molar refractivity (Wildman–Crippen MR) is 116 cm³/mol. The summed E-state index contributed by atoms with van der Waals surface area (Å²) in [6.07, 6.45) is 1.63. The number of amides is 1. The monoisotopic (exact) mass is 417 g/mol. The maximum Gasteiger partial charge on any atom is 0.224 e. The Morgan fingerprint density at radius 2 is 1.86 bits per heavy atom. The first-order valence-corrected chi connectivity index (χ1v) is 10.7. The number of rotatable bonds is 8. The van der Waals surface area contributed by atoms with Gasteiger partial charge in [-0.2, -0.15) is 5.10 Å². The zero-order valence-corrected chi connectivity index (χ0v) is 18.4. The Bertz CT molecular complexity index is 851. The molecule has 1 saturated heterocycles. The average molecular weight is 418 g/mol. The van der Waals surface area contributed by atoms with Crippen molar-refractivity contribution >= 4 is 18.1 Å². The highest BCUT2D eigenvalue weighted by Gasteiger charge is 2.21. The van der Waals surface area contributed by atoms with Crippen LogP contribution in [0.2, 0.25) is 0 Å². The van der Waals surface area contributed by atoms with E-state index in [1.165, 1.54) is 6.42 Å². The molecule has 0 aliphatic carbocycles. The van der Waals surface area contributed by atoms with E-state index < -0.39 is 0 Å². The quantitative estimate of drug-likeness (QED) is 0.668. The number of carbonyl (C=O) groups is 1. The highest BCUT2D eigenvalue weighted by Crippen LogP contribution is 2.21. The summed E-state index contributed by atoms with van der Waals surface area (Å²) < 4.78 is 7.64. The zero-order valence-electron chi connectivity index (χ0n) is 17.6. The molecule has 1 aliphatic rings. The number of hydrogen-bond acceptors (Lipinski definition) is 5. The van der Waals surface area contributed by atoms with Crippen molar-refractivity contribution in [3.05, 3.63) is 29.0 Å². The standard InChI is InChI=1S/C21H31N5O2S/c1-16(2)8-10-24-12-14-25(15-13-24)19(27)9-11-26-20(22-23-21(26)29)17-4-6-18(28-3)7-5-17/h4-7,16H,8-15H2,1-3H3,(H,23,29). The molecule has 1 aromatic heterocycles. The summed E-state index contributed by atoms with van der Waals surface area (Å²) in [7, 11) is 1.64. The number of ether oxygens (including phenoxy) is 1. The Balaban J connectivity index is 1.56. The molecule has 8 heteroatoms. The van der Waals surface area contributed by atoms with E-state index in [9.17, 15) is 4.79 Å². The Hall–Kier alpha value is -2.19. The van der Waals surface area contributed by atoms with Crippen LogP contribution in [0.15, 0.2) is 24.3 Å². The van der Waals surface area contributed by atoms with Crippen LogP contribution in [0.5, 0.6) is 5.75 Å². The smallest absolute Gasteiger partial charge is 0.224 e. The molecule has 3 rings (SSSR count). The average Bonchev–Trinajstić information content (AvgIpc) is 3.11. The van der Waals surface area contributed by atoms with Crippen molar-refractivity contribution in [2.24, 2.45) is 5.92 Å². The van der Waals surface area contributed by atoms with Crippen LogP contribution in [-0.4, -0.2) is 70.3 Å². The molecule has 158 valence electrons. The number of methoxy groups -OCH3 is 1. The minimum Gasteiger partial charge on any atom is -0.497 e. The lowest BCUT2D eigenvalue weighted by Crippen LogP contribution is -2.49. The Labute approximate surface area is 177 Å². The van der Waals surface area contributed by atoms with E-state index in [1.807, 2.05) is 33.7 Å². The maximum atomic E-state index is 12.7. The number of hydrogen-bond donors (Lipinski definition) is 1. The first-order valence-electron chi connectivity index (χ1n) is 10.3. The normalized spacial score (nSPS) is 15.1. The fourth-order valence-corrected chi connectivity index (χ4v) is 3.74. The van der Waals surface area contributed by atoms with Crippen molar-refractivity contribution in [3.63, 3.8) is 0 Å². The van der Waals surface area contributed by atoms with Gasteiger partial charge in [0.2, 0.25) is 5.91 Å². The lowest BCUT2D eigenvalue weighted by atomic mass is 10.1. The third-order valence-electron chi connectivity index (χ3n) is 5.40. The summed E-state index contributed by atoms with van der Waals surface area (Å²) >= 11 is 5.38. The fourth-order valence-electron chi connectivity index (χ4n) is 3.51. The van der Waals surface area contributed by atoms with Gasteiger partial charge in [-0.25, -0.2) is 0 Å². The first kappa shape index (κ1) is 21.5. The molecular weight excluding hydrogens is 386 g/mol. The molecule has 0 atom stereocenters. The van der Waals surface area contributed by atoms with Crippen molar-refractivity contribution in [1.29, 1.82) is 0 Å². The largest absolute Gasteiger partial charge is 0.497 e. The molecule has 0 spiro atoms. The molecular formula is C21H31N5O2S. The molecule has 1 fully saturated rings. The minimum absolute atomic E-state index is 0.178. The summed E-state index contributed by atoms with van der Waals surface area (Å²) in [5.74, 6) is 2.42. The van der Waals surface area contributed by atoms with Gasteiger partial charge in [0.1, 0.15) is 5.75 Å². The molecule has 29 heavy (non-hydrogen) atoms. The van der Waals surface area contributed by atoms with Crippen molar-refractivity contribution in [2.75, 3.05) is 39.8 Å². The molecule has 1 aliphatic heterocycles. The van der Waals surface area contributed by atoms with Gasteiger partial charge in [0.25, 0.3) is 0 Å². The van der Waals surface area contributed by atoms with Gasteiger partial charge >= 0.3 is 0 Å². The fraction of sp³-hybridized carbons (Fsp3) is 0.571. The van der Waals surface area contributed by atoms with Gasteiger partial charge in [-0.05, 0) is 55.4 Å². The number of piperazine rings is 1. The van der Waals surface area contributed by atoms with Gasteiger partial charge in [0, 0.05) is 44.7 Å². The van der Waals surface area contributed by atoms with E-state index in [4.69, 9.17) is 17.0 Å². The molecule has 2 heterocycles. The summed E-state index contributed by atoms with van der Waals surface area (Å²) in [5, 5.41) is 7.20. The van der Waals surface area contributed by atoms with Gasteiger partial charge in [-0.3, -0.25) is 19.4 Å². The van der Waals surface area contributed by atoms with Crippen LogP contribution in [0.1, 0.15) is 26.7 Å². The molecule has 0 unspecified atom stereocenters. The predicted octanol–water partition coefficient (Wildman–Crippen LogP) is 3.20. The van der Waals surface area contributed by atoms with Gasteiger partial charge in [-0.15, -0.1) is 0 Å². The second kappa shape index (κ2) is 10.0. The van der Waals surface area contributed by atoms with E-state index >= 15 is 0 Å². The van der Waals surface area contributed by atoms with Crippen molar-refractivity contribution in [3.8, 4) is 17.1 Å². The number of benzene rings is 1. The number of aromatic amines is 1. The molecule has 2 aromatic rings. The summed E-state index contributed by atoms with van der Waals surface area (Å²) in [6, 6.07) is 7.67. The Morgan fingerprint density at radius 1 is 1.17 bits per heavy atom. The molecule has 0 saturated carbocycles. The van der Waals surface area contributed by atoms with Crippen molar-refractivity contribution in [1.82, 2.24) is 24.6 Å². The van der Waals surface area contributed by atoms with E-state index in [0.29, 0.717) is 23.7 Å². The third kappa shape index (κ3) is 5.67. The number of nitrogens with one attached hydrogen (secondary N) is 1. The van der Waals surface area contributed by atoms with E-state index in [-0.39, 0.29) is 5.91 Å². The molecule has 1 amide bonds. The number of carbonyl (C=O) groups excluding carboxylic acids is 1. The summed E-state index contributed by atoms with van der Waals surface area (Å²) in [5.41, 5.74) is 0.935. The van der Waals surface area contributed by atoms with Gasteiger partial charge in [-0.1, -0.05) is 13.8 Å². The maximum absolute atomic E-state index is 12.7. The Morgan fingerprint density at radius 3 is 2.48 bits per heavy atom. The van der Waals surface area contributed by atoms with Crippen LogP contribution in [0.25, 0.3) is 11.4 Å². The SMILES string of the molecule is COc1ccc(-c2n[nH]c(=S)n2CCC(=O)N2CCN(CCC(C)C)CC2)cc1. The van der Waals surface area contributed by atoms with Crippen LogP contribution >= 0.6 is 12.2 Å².